The van der Waals surface area contributed by atoms with Crippen molar-refractivity contribution in [2.45, 2.75) is 364 Å². The summed E-state index contributed by atoms with van der Waals surface area (Å²) in [5.74, 6) is -0.209. The van der Waals surface area contributed by atoms with Gasteiger partial charge in [0, 0.05) is 6.42 Å². The molecule has 14 nitrogen and oxygen atoms in total. The monoisotopic (exact) mass is 1070 g/mol. The SMILES string of the molecule is CCCCCCCCCCCCCCCCCCCCCCCCCCCCCCCCCCCCCCCC(=O)NC(COC1OC(CO)C(OC2OC(CO)C(O)C(O)C2O)C(O)C1O)C(O)CCCCCC. The van der Waals surface area contributed by atoms with E-state index in [0.717, 1.165) is 51.4 Å². The third-order valence-corrected chi connectivity index (χ3v) is 16.1. The lowest BCUT2D eigenvalue weighted by molar-refractivity contribution is -0.359. The Balaban J connectivity index is 1.44. The molecule has 0 aromatic heterocycles. The second kappa shape index (κ2) is 47.8. The van der Waals surface area contributed by atoms with Crippen molar-refractivity contribution in [1.29, 1.82) is 0 Å². The van der Waals surface area contributed by atoms with Gasteiger partial charge in [-0.25, -0.2) is 0 Å². The quantitative estimate of drug-likeness (QED) is 0.0259. The van der Waals surface area contributed by atoms with Crippen LogP contribution in [0.25, 0.3) is 0 Å². The lowest BCUT2D eigenvalue weighted by atomic mass is 9.97. The van der Waals surface area contributed by atoms with E-state index in [4.69, 9.17) is 18.9 Å². The first-order valence-corrected chi connectivity index (χ1v) is 31.8. The highest BCUT2D eigenvalue weighted by molar-refractivity contribution is 5.76. The first-order valence-electron chi connectivity index (χ1n) is 31.8. The molecule has 0 saturated carbocycles. The molecule has 446 valence electrons. The molecule has 2 aliphatic rings. The molecule has 14 heteroatoms. The van der Waals surface area contributed by atoms with Crippen LogP contribution in [0, 0.1) is 0 Å². The molecule has 2 heterocycles. The Morgan fingerprint density at radius 1 is 0.427 bits per heavy atom. The lowest BCUT2D eigenvalue weighted by Crippen LogP contribution is -2.65. The van der Waals surface area contributed by atoms with Crippen molar-refractivity contribution >= 4 is 5.91 Å². The molecule has 0 aromatic rings. The number of amides is 1. The molecule has 2 saturated heterocycles. The van der Waals surface area contributed by atoms with Crippen LogP contribution < -0.4 is 5.32 Å². The van der Waals surface area contributed by atoms with Crippen molar-refractivity contribution in [2.24, 2.45) is 0 Å². The van der Waals surface area contributed by atoms with Crippen LogP contribution in [0.15, 0.2) is 0 Å². The summed E-state index contributed by atoms with van der Waals surface area (Å²) in [5, 5.41) is 86.4. The second-order valence-corrected chi connectivity index (χ2v) is 22.9. The van der Waals surface area contributed by atoms with Crippen LogP contribution in [0.4, 0.5) is 0 Å². The number of rotatable bonds is 52. The number of ether oxygens (including phenoxy) is 4. The molecule has 0 radical (unpaired) electrons. The molecule has 0 spiro atoms. The van der Waals surface area contributed by atoms with E-state index in [1.165, 1.54) is 212 Å². The van der Waals surface area contributed by atoms with Crippen molar-refractivity contribution in [1.82, 2.24) is 5.32 Å². The van der Waals surface area contributed by atoms with Crippen molar-refractivity contribution < 1.29 is 64.6 Å². The molecule has 75 heavy (non-hydrogen) atoms. The largest absolute Gasteiger partial charge is 0.394 e. The van der Waals surface area contributed by atoms with Crippen LogP contribution in [-0.4, -0.2) is 140 Å². The van der Waals surface area contributed by atoms with Gasteiger partial charge in [0.15, 0.2) is 12.6 Å². The van der Waals surface area contributed by atoms with Gasteiger partial charge in [-0.05, 0) is 12.8 Å². The van der Waals surface area contributed by atoms with Gasteiger partial charge in [0.1, 0.15) is 48.8 Å². The summed E-state index contributed by atoms with van der Waals surface area (Å²) >= 11 is 0. The van der Waals surface area contributed by atoms with E-state index >= 15 is 0 Å². The normalized spacial score (nSPS) is 24.9. The minimum absolute atomic E-state index is 0.209. The van der Waals surface area contributed by atoms with Gasteiger partial charge < -0.3 is 65.1 Å². The smallest absolute Gasteiger partial charge is 0.220 e. The van der Waals surface area contributed by atoms with Crippen molar-refractivity contribution in [3.05, 3.63) is 0 Å². The molecular formula is C61H119NO13. The third kappa shape index (κ3) is 33.4. The van der Waals surface area contributed by atoms with Gasteiger partial charge in [-0.2, -0.15) is 0 Å². The molecule has 2 fully saturated rings. The van der Waals surface area contributed by atoms with Gasteiger partial charge in [0.05, 0.1) is 32.0 Å². The van der Waals surface area contributed by atoms with Crippen molar-refractivity contribution in [3.8, 4) is 0 Å². The fourth-order valence-electron chi connectivity index (χ4n) is 10.9. The van der Waals surface area contributed by atoms with Crippen LogP contribution >= 0.6 is 0 Å². The zero-order valence-corrected chi connectivity index (χ0v) is 48.1. The van der Waals surface area contributed by atoms with E-state index in [9.17, 15) is 45.6 Å². The van der Waals surface area contributed by atoms with E-state index in [2.05, 4.69) is 19.2 Å². The molecule has 0 aliphatic carbocycles. The van der Waals surface area contributed by atoms with E-state index in [0.29, 0.717) is 12.8 Å². The topological polar surface area (TPSA) is 228 Å². The second-order valence-electron chi connectivity index (χ2n) is 22.9. The fraction of sp³-hybridized carbons (Fsp3) is 0.984. The molecular weight excluding hydrogens is 955 g/mol. The van der Waals surface area contributed by atoms with E-state index in [-0.39, 0.29) is 12.5 Å². The maximum atomic E-state index is 13.1. The first-order chi connectivity index (χ1) is 36.6. The Kier molecular flexibility index (Phi) is 44.6. The third-order valence-electron chi connectivity index (χ3n) is 16.1. The number of carbonyl (C=O) groups is 1. The van der Waals surface area contributed by atoms with Gasteiger partial charge in [-0.1, -0.05) is 271 Å². The average Bonchev–Trinajstić information content (AvgIpc) is 3.41. The summed E-state index contributed by atoms with van der Waals surface area (Å²) in [7, 11) is 0. The molecule has 9 N–H and O–H groups in total. The highest BCUT2D eigenvalue weighted by Gasteiger charge is 2.51. The summed E-state index contributed by atoms with van der Waals surface area (Å²) in [4.78, 5) is 13.1. The lowest BCUT2D eigenvalue weighted by Gasteiger charge is -2.46. The van der Waals surface area contributed by atoms with Crippen LogP contribution in [-0.2, 0) is 23.7 Å². The maximum Gasteiger partial charge on any atom is 0.220 e. The van der Waals surface area contributed by atoms with Crippen LogP contribution in [0.5, 0.6) is 0 Å². The Morgan fingerprint density at radius 2 is 0.760 bits per heavy atom. The maximum absolute atomic E-state index is 13.1. The van der Waals surface area contributed by atoms with Gasteiger partial charge >= 0.3 is 0 Å². The van der Waals surface area contributed by atoms with Crippen LogP contribution in [0.2, 0.25) is 0 Å². The highest BCUT2D eigenvalue weighted by Crippen LogP contribution is 2.30. The molecule has 0 aromatic carbocycles. The van der Waals surface area contributed by atoms with E-state index in [1.54, 1.807) is 0 Å². The fourth-order valence-corrected chi connectivity index (χ4v) is 10.9. The summed E-state index contributed by atoms with van der Waals surface area (Å²) < 4.78 is 22.6. The molecule has 12 atom stereocenters. The molecule has 2 rings (SSSR count). The summed E-state index contributed by atoms with van der Waals surface area (Å²) in [5.41, 5.74) is 0. The summed E-state index contributed by atoms with van der Waals surface area (Å²) in [6, 6.07) is -0.819. The Morgan fingerprint density at radius 3 is 1.13 bits per heavy atom. The molecule has 12 unspecified atom stereocenters. The Bertz CT molecular complexity index is 1270. The van der Waals surface area contributed by atoms with Crippen LogP contribution in [0.1, 0.15) is 290 Å². The van der Waals surface area contributed by atoms with Gasteiger partial charge in [0.25, 0.3) is 0 Å². The number of hydrogen-bond acceptors (Lipinski definition) is 13. The van der Waals surface area contributed by atoms with E-state index < -0.39 is 86.8 Å². The van der Waals surface area contributed by atoms with E-state index in [1.807, 2.05) is 0 Å². The van der Waals surface area contributed by atoms with Crippen LogP contribution in [0.3, 0.4) is 0 Å². The van der Waals surface area contributed by atoms with Gasteiger partial charge in [-0.3, -0.25) is 4.79 Å². The minimum Gasteiger partial charge on any atom is -0.394 e. The Hall–Kier alpha value is -1.01. The highest BCUT2D eigenvalue weighted by atomic mass is 16.7. The van der Waals surface area contributed by atoms with Gasteiger partial charge in [0.2, 0.25) is 5.91 Å². The van der Waals surface area contributed by atoms with Crippen molar-refractivity contribution in [2.75, 3.05) is 19.8 Å². The number of carbonyl (C=O) groups excluding carboxylic acids is 1. The Labute approximate surface area is 457 Å². The molecule has 1 amide bonds. The summed E-state index contributed by atoms with van der Waals surface area (Å²) in [6.45, 7) is 2.75. The first kappa shape index (κ1) is 70.1. The number of hydrogen-bond donors (Lipinski definition) is 9. The molecule has 2 aliphatic heterocycles. The zero-order valence-electron chi connectivity index (χ0n) is 48.1. The standard InChI is InChI=1S/C61H119NO13/c1-3-5-7-9-10-11-12-13-14-15-16-17-18-19-20-21-22-23-24-25-26-27-28-29-30-31-32-33-34-35-36-37-38-39-40-41-43-45-53(66)62-49(50(65)44-42-8-6-4-2)48-72-60-58(71)56(69)59(52(47-64)74-60)75-61-57(70)55(68)54(67)51(46-63)73-61/h49-52,54-61,63-65,67-71H,3-48H2,1-2H3,(H,62,66). The number of aliphatic hydroxyl groups excluding tert-OH is 8. The number of nitrogens with one attached hydrogen (secondary N) is 1. The summed E-state index contributed by atoms with van der Waals surface area (Å²) in [6.07, 6.45) is 38.3. The minimum atomic E-state index is -1.78. The number of aliphatic hydroxyl groups is 8. The predicted molar refractivity (Wildman–Crippen MR) is 300 cm³/mol. The van der Waals surface area contributed by atoms with Crippen molar-refractivity contribution in [3.63, 3.8) is 0 Å². The van der Waals surface area contributed by atoms with Gasteiger partial charge in [-0.15, -0.1) is 0 Å². The number of unbranched alkanes of at least 4 members (excludes halogenated alkanes) is 39. The average molecular weight is 1070 g/mol. The predicted octanol–water partition coefficient (Wildman–Crippen LogP) is 11.3. The zero-order chi connectivity index (χ0) is 54.6. The molecule has 0 bridgehead atoms.